The van der Waals surface area contributed by atoms with Gasteiger partial charge in [-0.3, -0.25) is 14.3 Å². The maximum atomic E-state index is 11.7. The average molecular weight is 306 g/mol. The molecular weight excluding hydrogens is 293 g/mol. The van der Waals surface area contributed by atoms with Crippen molar-refractivity contribution in [3.63, 3.8) is 0 Å². The first kappa shape index (κ1) is 17.9. The fourth-order valence-corrected chi connectivity index (χ4v) is 2.05. The molecule has 0 amide bonds. The van der Waals surface area contributed by atoms with Crippen LogP contribution in [0, 0.1) is 6.92 Å². The van der Waals surface area contributed by atoms with Crippen LogP contribution in [0.5, 0.6) is 0 Å². The summed E-state index contributed by atoms with van der Waals surface area (Å²) in [5, 5.41) is 22.4. The number of aromatic amines is 1. The molecule has 0 aliphatic carbocycles. The molecule has 3 atom stereocenters. The molecular formula is C10H13N5NaO5+. The van der Waals surface area contributed by atoms with Crippen LogP contribution in [0.2, 0.25) is 0 Å². The van der Waals surface area contributed by atoms with Crippen LogP contribution in [0.1, 0.15) is 18.2 Å². The van der Waals surface area contributed by atoms with E-state index in [0.717, 1.165) is 4.57 Å². The van der Waals surface area contributed by atoms with Crippen LogP contribution in [0.15, 0.2) is 20.9 Å². The van der Waals surface area contributed by atoms with Gasteiger partial charge < -0.3 is 14.9 Å². The van der Waals surface area contributed by atoms with E-state index in [4.69, 9.17) is 10.3 Å². The monoisotopic (exact) mass is 306 g/mol. The molecule has 1 aromatic heterocycles. The van der Waals surface area contributed by atoms with Gasteiger partial charge in [-0.25, -0.2) is 4.79 Å². The van der Waals surface area contributed by atoms with Gasteiger partial charge in [0, 0.05) is 23.1 Å². The van der Waals surface area contributed by atoms with Crippen LogP contribution in [-0.4, -0.2) is 38.2 Å². The van der Waals surface area contributed by atoms with Crippen LogP contribution in [0.3, 0.4) is 0 Å². The van der Waals surface area contributed by atoms with Crippen LogP contribution in [-0.2, 0) is 4.74 Å². The molecule has 1 saturated heterocycles. The molecule has 0 spiro atoms. The van der Waals surface area contributed by atoms with E-state index in [9.17, 15) is 19.8 Å². The summed E-state index contributed by atoms with van der Waals surface area (Å²) >= 11 is 0. The standard InChI is InChI=1S/C10H13N5O5.Na/c1-5-3-15(9(19)12-8(5)18)7-2-6(17)10(4-16,20-7)13-14-11;/h3,6-7,16-17H,2,4H2,1H3,(H,12,18,19);/q;+1/t6-,7+,10+;/m0./s1. The van der Waals surface area contributed by atoms with E-state index in [-0.39, 0.29) is 41.5 Å². The van der Waals surface area contributed by atoms with Gasteiger partial charge in [-0.05, 0) is 12.5 Å². The molecule has 1 aliphatic heterocycles. The Bertz CT molecular complexity index is 681. The van der Waals surface area contributed by atoms with Crippen molar-refractivity contribution in [3.05, 3.63) is 43.0 Å². The van der Waals surface area contributed by atoms with Crippen molar-refractivity contribution in [2.45, 2.75) is 31.4 Å². The van der Waals surface area contributed by atoms with Gasteiger partial charge in [0.2, 0.25) is 0 Å². The summed E-state index contributed by atoms with van der Waals surface area (Å²) in [4.78, 5) is 27.6. The van der Waals surface area contributed by atoms with E-state index in [1.165, 1.54) is 13.1 Å². The van der Waals surface area contributed by atoms with E-state index >= 15 is 0 Å². The molecule has 0 bridgehead atoms. The third kappa shape index (κ3) is 3.22. The minimum absolute atomic E-state index is 0. The van der Waals surface area contributed by atoms with E-state index < -0.39 is 35.9 Å². The molecule has 3 N–H and O–H groups in total. The summed E-state index contributed by atoms with van der Waals surface area (Å²) in [7, 11) is 0. The van der Waals surface area contributed by atoms with Crippen molar-refractivity contribution in [3.8, 4) is 0 Å². The molecule has 11 heteroatoms. The van der Waals surface area contributed by atoms with Crippen molar-refractivity contribution in [2.75, 3.05) is 6.61 Å². The Labute approximate surface area is 140 Å². The normalized spacial score (nSPS) is 27.8. The van der Waals surface area contributed by atoms with Gasteiger partial charge in [-0.1, -0.05) is 5.11 Å². The molecule has 1 aliphatic rings. The maximum absolute atomic E-state index is 11.7. The molecule has 0 aromatic carbocycles. The third-order valence-corrected chi connectivity index (χ3v) is 3.18. The Morgan fingerprint density at radius 3 is 2.90 bits per heavy atom. The molecule has 2 heterocycles. The van der Waals surface area contributed by atoms with Gasteiger partial charge >= 0.3 is 35.2 Å². The predicted octanol–water partition coefficient (Wildman–Crippen LogP) is -3.87. The molecule has 1 aromatic rings. The van der Waals surface area contributed by atoms with Crippen LogP contribution in [0.4, 0.5) is 0 Å². The predicted molar refractivity (Wildman–Crippen MR) is 65.8 cm³/mol. The number of rotatable bonds is 3. The molecule has 0 radical (unpaired) electrons. The van der Waals surface area contributed by atoms with Crippen molar-refractivity contribution < 1.29 is 44.5 Å². The Morgan fingerprint density at radius 1 is 1.67 bits per heavy atom. The van der Waals surface area contributed by atoms with Crippen molar-refractivity contribution in [1.82, 2.24) is 9.55 Å². The van der Waals surface area contributed by atoms with Gasteiger partial charge in [0.25, 0.3) is 5.56 Å². The fraction of sp³-hybridized carbons (Fsp3) is 0.600. The van der Waals surface area contributed by atoms with Gasteiger partial charge in [0.1, 0.15) is 6.23 Å². The van der Waals surface area contributed by atoms with Crippen molar-refractivity contribution >= 4 is 0 Å². The number of hydrogen-bond acceptors (Lipinski definition) is 6. The zero-order valence-electron chi connectivity index (χ0n) is 11.6. The molecule has 1 fully saturated rings. The second-order valence-electron chi connectivity index (χ2n) is 4.50. The summed E-state index contributed by atoms with van der Waals surface area (Å²) in [5.41, 5.74) is 5.69. The number of aryl methyl sites for hydroxylation is 1. The van der Waals surface area contributed by atoms with E-state index in [2.05, 4.69) is 15.0 Å². The minimum atomic E-state index is -1.83. The van der Waals surface area contributed by atoms with Crippen LogP contribution in [0.25, 0.3) is 10.4 Å². The summed E-state index contributed by atoms with van der Waals surface area (Å²) in [6.45, 7) is 0.776. The Hall–Kier alpha value is -1.13. The summed E-state index contributed by atoms with van der Waals surface area (Å²) < 4.78 is 6.41. The molecule has 108 valence electrons. The number of hydrogen-bond donors (Lipinski definition) is 3. The zero-order chi connectivity index (χ0) is 14.9. The fourth-order valence-electron chi connectivity index (χ4n) is 2.05. The van der Waals surface area contributed by atoms with Gasteiger partial charge in [0.05, 0.1) is 12.7 Å². The second-order valence-corrected chi connectivity index (χ2v) is 4.50. The van der Waals surface area contributed by atoms with Gasteiger partial charge in [-0.15, -0.1) is 0 Å². The quantitative estimate of drug-likeness (QED) is 0.226. The minimum Gasteiger partial charge on any atom is -0.393 e. The molecule has 2 rings (SSSR count). The van der Waals surface area contributed by atoms with Gasteiger partial charge in [0.15, 0.2) is 5.72 Å². The molecule has 21 heavy (non-hydrogen) atoms. The number of nitrogens with zero attached hydrogens (tertiary/aromatic N) is 4. The van der Waals surface area contributed by atoms with Crippen molar-refractivity contribution in [2.24, 2.45) is 5.11 Å². The first-order chi connectivity index (χ1) is 9.43. The average Bonchev–Trinajstić information content (AvgIpc) is 2.72. The number of azide groups is 1. The first-order valence-electron chi connectivity index (χ1n) is 5.78. The second kappa shape index (κ2) is 6.75. The number of aliphatic hydroxyl groups excluding tert-OH is 2. The zero-order valence-corrected chi connectivity index (χ0v) is 13.6. The summed E-state index contributed by atoms with van der Waals surface area (Å²) in [6, 6.07) is 0. The smallest absolute Gasteiger partial charge is 0.393 e. The number of H-pyrrole nitrogens is 1. The van der Waals surface area contributed by atoms with E-state index in [1.807, 2.05) is 0 Å². The summed E-state index contributed by atoms with van der Waals surface area (Å²) in [6.07, 6.45) is -1.01. The number of nitrogens with one attached hydrogen (secondary N) is 1. The number of aliphatic hydroxyl groups is 2. The Morgan fingerprint density at radius 2 is 2.33 bits per heavy atom. The largest absolute Gasteiger partial charge is 1.00 e. The topological polar surface area (TPSA) is 153 Å². The van der Waals surface area contributed by atoms with Crippen molar-refractivity contribution in [1.29, 1.82) is 0 Å². The first-order valence-corrected chi connectivity index (χ1v) is 5.78. The van der Waals surface area contributed by atoms with Gasteiger partial charge in [-0.2, -0.15) is 0 Å². The van der Waals surface area contributed by atoms with Crippen LogP contribution < -0.4 is 40.8 Å². The SMILES string of the molecule is Cc1cn([C@H]2C[C@H](O)[C@](CO)(N=[N+]=[N-])O2)c(=O)[nH]c1=O.[Na+]. The molecule has 0 saturated carbocycles. The summed E-state index contributed by atoms with van der Waals surface area (Å²) in [5.74, 6) is 0. The third-order valence-electron chi connectivity index (χ3n) is 3.18. The Kier molecular flexibility index (Phi) is 5.76. The molecule has 0 unspecified atom stereocenters. The van der Waals surface area contributed by atoms with E-state index in [0.29, 0.717) is 0 Å². The molecule has 10 nitrogen and oxygen atoms in total. The van der Waals surface area contributed by atoms with Crippen LogP contribution >= 0.6 is 0 Å². The number of ether oxygens (including phenoxy) is 1. The maximum Gasteiger partial charge on any atom is 1.00 e. The number of aromatic nitrogens is 2. The Balaban J connectivity index is 0.00000220. The van der Waals surface area contributed by atoms with E-state index in [1.54, 1.807) is 0 Å².